The Bertz CT molecular complexity index is 326. The van der Waals surface area contributed by atoms with Crippen LogP contribution in [-0.4, -0.2) is 12.5 Å². The fraction of sp³-hybridized carbons (Fsp3) is 0.400. The molecular weight excluding hydrogens is 208 g/mol. The molecular formula is C10H12ClF2N. The Morgan fingerprint density at radius 2 is 2.07 bits per heavy atom. The topological polar surface area (TPSA) is 26.0 Å². The first-order valence-corrected chi connectivity index (χ1v) is 4.65. The second kappa shape index (κ2) is 4.24. The summed E-state index contributed by atoms with van der Waals surface area (Å²) < 4.78 is 25.8. The van der Waals surface area contributed by atoms with Crippen molar-refractivity contribution in [2.75, 3.05) is 6.54 Å². The van der Waals surface area contributed by atoms with Gasteiger partial charge in [0.2, 0.25) is 0 Å². The summed E-state index contributed by atoms with van der Waals surface area (Å²) in [7, 11) is 0. The third kappa shape index (κ3) is 2.93. The van der Waals surface area contributed by atoms with Crippen LogP contribution in [0.3, 0.4) is 0 Å². The van der Waals surface area contributed by atoms with E-state index in [0.717, 1.165) is 5.56 Å². The van der Waals surface area contributed by atoms with Crippen molar-refractivity contribution in [3.05, 3.63) is 34.3 Å². The Labute approximate surface area is 86.9 Å². The van der Waals surface area contributed by atoms with Crippen LogP contribution in [0, 0.1) is 6.92 Å². The lowest BCUT2D eigenvalue weighted by Crippen LogP contribution is -2.30. The molecule has 0 aliphatic carbocycles. The standard InChI is InChI=1S/C10H12ClF2N/c1-7-2-3-8(4-9(7)11)5-10(12,13)6-14/h2-4H,5-6,14H2,1H3. The molecule has 0 radical (unpaired) electrons. The van der Waals surface area contributed by atoms with Gasteiger partial charge in [-0.2, -0.15) is 0 Å². The van der Waals surface area contributed by atoms with E-state index >= 15 is 0 Å². The molecule has 0 saturated heterocycles. The molecule has 4 heteroatoms. The van der Waals surface area contributed by atoms with E-state index in [0.29, 0.717) is 10.6 Å². The van der Waals surface area contributed by atoms with Crippen LogP contribution in [-0.2, 0) is 6.42 Å². The Kier molecular flexibility index (Phi) is 3.45. The lowest BCUT2D eigenvalue weighted by Gasteiger charge is -2.14. The molecule has 0 unspecified atom stereocenters. The zero-order valence-corrected chi connectivity index (χ0v) is 8.61. The number of nitrogens with two attached hydrogens (primary N) is 1. The number of hydrogen-bond acceptors (Lipinski definition) is 1. The molecule has 0 spiro atoms. The molecule has 0 aliphatic rings. The van der Waals surface area contributed by atoms with Gasteiger partial charge in [-0.05, 0) is 24.1 Å². The molecule has 0 bridgehead atoms. The molecule has 78 valence electrons. The average molecular weight is 220 g/mol. The number of hydrogen-bond donors (Lipinski definition) is 1. The number of benzene rings is 1. The molecule has 0 aromatic heterocycles. The van der Waals surface area contributed by atoms with Gasteiger partial charge >= 0.3 is 0 Å². The van der Waals surface area contributed by atoms with Crippen LogP contribution in [0.1, 0.15) is 11.1 Å². The SMILES string of the molecule is Cc1ccc(CC(F)(F)CN)cc1Cl. The molecule has 0 fully saturated rings. The summed E-state index contributed by atoms with van der Waals surface area (Å²) in [5.41, 5.74) is 6.33. The molecule has 0 saturated carbocycles. The maximum atomic E-state index is 12.9. The zero-order chi connectivity index (χ0) is 10.8. The van der Waals surface area contributed by atoms with Gasteiger partial charge < -0.3 is 5.73 Å². The summed E-state index contributed by atoms with van der Waals surface area (Å²) in [6.45, 7) is 1.19. The zero-order valence-electron chi connectivity index (χ0n) is 7.86. The molecule has 1 nitrogen and oxygen atoms in total. The fourth-order valence-corrected chi connectivity index (χ4v) is 1.32. The predicted molar refractivity (Wildman–Crippen MR) is 53.9 cm³/mol. The molecule has 14 heavy (non-hydrogen) atoms. The minimum absolute atomic E-state index is 0.358. The summed E-state index contributed by atoms with van der Waals surface area (Å²) in [4.78, 5) is 0. The summed E-state index contributed by atoms with van der Waals surface area (Å²) in [6.07, 6.45) is -0.358. The minimum atomic E-state index is -2.85. The van der Waals surface area contributed by atoms with Crippen LogP contribution in [0.5, 0.6) is 0 Å². The maximum absolute atomic E-state index is 12.9. The van der Waals surface area contributed by atoms with Crippen LogP contribution in [0.15, 0.2) is 18.2 Å². The van der Waals surface area contributed by atoms with Gasteiger partial charge in [-0.3, -0.25) is 0 Å². The molecule has 0 amide bonds. The van der Waals surface area contributed by atoms with Gasteiger partial charge in [-0.1, -0.05) is 23.7 Å². The van der Waals surface area contributed by atoms with Gasteiger partial charge in [0, 0.05) is 11.4 Å². The van der Waals surface area contributed by atoms with Crippen molar-refractivity contribution in [2.45, 2.75) is 19.3 Å². The molecule has 1 rings (SSSR count). The van der Waals surface area contributed by atoms with Crippen molar-refractivity contribution in [3.8, 4) is 0 Å². The number of aryl methyl sites for hydroxylation is 1. The lowest BCUT2D eigenvalue weighted by atomic mass is 10.1. The maximum Gasteiger partial charge on any atom is 0.264 e. The van der Waals surface area contributed by atoms with E-state index in [-0.39, 0.29) is 6.42 Å². The number of rotatable bonds is 3. The summed E-state index contributed by atoms with van der Waals surface area (Å²) in [6, 6.07) is 4.93. The largest absolute Gasteiger partial charge is 0.325 e. The van der Waals surface area contributed by atoms with Crippen LogP contribution in [0.2, 0.25) is 5.02 Å². The van der Waals surface area contributed by atoms with E-state index in [2.05, 4.69) is 0 Å². The van der Waals surface area contributed by atoms with Crippen LogP contribution in [0.4, 0.5) is 8.78 Å². The van der Waals surface area contributed by atoms with Gasteiger partial charge in [0.1, 0.15) is 0 Å². The van der Waals surface area contributed by atoms with Gasteiger partial charge in [0.25, 0.3) is 5.92 Å². The highest BCUT2D eigenvalue weighted by atomic mass is 35.5. The molecule has 0 heterocycles. The van der Waals surface area contributed by atoms with Gasteiger partial charge in [-0.25, -0.2) is 8.78 Å². The highest BCUT2D eigenvalue weighted by Crippen LogP contribution is 2.22. The average Bonchev–Trinajstić information content (AvgIpc) is 2.11. The second-order valence-corrected chi connectivity index (χ2v) is 3.73. The molecule has 0 atom stereocenters. The number of alkyl halides is 2. The smallest absolute Gasteiger partial charge is 0.264 e. The first-order valence-electron chi connectivity index (χ1n) is 4.27. The fourth-order valence-electron chi connectivity index (χ4n) is 1.12. The number of halogens is 3. The summed E-state index contributed by atoms with van der Waals surface area (Å²) in [5.74, 6) is -2.85. The lowest BCUT2D eigenvalue weighted by molar-refractivity contribution is 0.0115. The molecule has 0 aliphatic heterocycles. The van der Waals surface area contributed by atoms with Crippen molar-refractivity contribution in [1.29, 1.82) is 0 Å². The van der Waals surface area contributed by atoms with Crippen molar-refractivity contribution in [1.82, 2.24) is 0 Å². The van der Waals surface area contributed by atoms with E-state index in [1.807, 2.05) is 6.92 Å². The van der Waals surface area contributed by atoms with Crippen LogP contribution < -0.4 is 5.73 Å². The Morgan fingerprint density at radius 3 is 2.57 bits per heavy atom. The Hall–Kier alpha value is -0.670. The second-order valence-electron chi connectivity index (χ2n) is 3.32. The monoisotopic (exact) mass is 219 g/mol. The molecule has 1 aromatic rings. The highest BCUT2D eigenvalue weighted by molar-refractivity contribution is 6.31. The normalized spacial score (nSPS) is 11.8. The van der Waals surface area contributed by atoms with Crippen molar-refractivity contribution in [2.24, 2.45) is 5.73 Å². The molecule has 2 N–H and O–H groups in total. The predicted octanol–water partition coefficient (Wildman–Crippen LogP) is 2.78. The van der Waals surface area contributed by atoms with Gasteiger partial charge in [0.05, 0.1) is 6.54 Å². The molecule has 1 aromatic carbocycles. The van der Waals surface area contributed by atoms with E-state index in [9.17, 15) is 8.78 Å². The first kappa shape index (κ1) is 11.4. The minimum Gasteiger partial charge on any atom is -0.325 e. The van der Waals surface area contributed by atoms with Crippen molar-refractivity contribution < 1.29 is 8.78 Å². The van der Waals surface area contributed by atoms with Crippen LogP contribution >= 0.6 is 11.6 Å². The van der Waals surface area contributed by atoms with Gasteiger partial charge in [-0.15, -0.1) is 0 Å². The summed E-state index contributed by atoms with van der Waals surface area (Å²) >= 11 is 5.81. The summed E-state index contributed by atoms with van der Waals surface area (Å²) in [5, 5.41) is 0.510. The third-order valence-corrected chi connectivity index (χ3v) is 2.40. The van der Waals surface area contributed by atoms with Crippen molar-refractivity contribution in [3.63, 3.8) is 0 Å². The third-order valence-electron chi connectivity index (χ3n) is 2.00. The van der Waals surface area contributed by atoms with E-state index in [1.165, 1.54) is 0 Å². The highest BCUT2D eigenvalue weighted by Gasteiger charge is 2.26. The van der Waals surface area contributed by atoms with Gasteiger partial charge in [0.15, 0.2) is 0 Å². The van der Waals surface area contributed by atoms with E-state index in [4.69, 9.17) is 17.3 Å². The first-order chi connectivity index (χ1) is 6.44. The van der Waals surface area contributed by atoms with Crippen LogP contribution in [0.25, 0.3) is 0 Å². The quantitative estimate of drug-likeness (QED) is 0.831. The Morgan fingerprint density at radius 1 is 1.43 bits per heavy atom. The van der Waals surface area contributed by atoms with E-state index in [1.54, 1.807) is 18.2 Å². The Balaban J connectivity index is 2.83. The van der Waals surface area contributed by atoms with E-state index < -0.39 is 12.5 Å². The van der Waals surface area contributed by atoms with Crippen molar-refractivity contribution >= 4 is 11.6 Å².